The van der Waals surface area contributed by atoms with Crippen LogP contribution in [0.15, 0.2) is 133 Å². The fourth-order valence-electron chi connectivity index (χ4n) is 3.20. The molecular weight excluding hydrogens is 681 g/mol. The second kappa shape index (κ2) is 24.5. The number of hydrogen-bond donors (Lipinski definition) is 0. The van der Waals surface area contributed by atoms with Crippen LogP contribution in [0.1, 0.15) is 24.0 Å². The Kier molecular flexibility index (Phi) is 23.1. The zero-order chi connectivity index (χ0) is 27.3. The average molecular weight is 709 g/mol. The van der Waals surface area contributed by atoms with Gasteiger partial charge in [0.25, 0.3) is 0 Å². The van der Waals surface area contributed by atoms with Gasteiger partial charge in [0.1, 0.15) is 11.6 Å². The van der Waals surface area contributed by atoms with Crippen LogP contribution in [0, 0.1) is 35.9 Å². The van der Waals surface area contributed by atoms with Crippen molar-refractivity contribution in [1.82, 2.24) is 0 Å². The molecule has 0 heterocycles. The van der Waals surface area contributed by atoms with Gasteiger partial charge in [0.15, 0.2) is 0 Å². The van der Waals surface area contributed by atoms with E-state index >= 15 is 0 Å². The molecule has 2 aliphatic rings. The van der Waals surface area contributed by atoms with Crippen molar-refractivity contribution in [1.29, 1.82) is 0 Å². The average Bonchev–Trinajstić information content (AvgIpc) is 3.73. The van der Waals surface area contributed by atoms with E-state index in [0.717, 1.165) is 35.1 Å². The SMILES string of the molecule is Cl.Cl.Fc1cccc(C2=[C-]CC=C2)c1.Fc1cccc(C2=[C-]CC=C2)c1.[Ge]=[Zr].[c-]1ccccc1.[c-]1ccccc1. The van der Waals surface area contributed by atoms with Gasteiger partial charge in [-0.2, -0.15) is 108 Å². The van der Waals surface area contributed by atoms with E-state index in [1.54, 1.807) is 33.7 Å². The summed E-state index contributed by atoms with van der Waals surface area (Å²) < 4.78 is 25.5. The Morgan fingerprint density at radius 1 is 0.550 bits per heavy atom. The summed E-state index contributed by atoms with van der Waals surface area (Å²) in [5.41, 5.74) is 3.80. The third-order valence-electron chi connectivity index (χ3n) is 4.88. The quantitative estimate of drug-likeness (QED) is 0.144. The second-order valence-corrected chi connectivity index (χ2v) is 7.57. The third-order valence-corrected chi connectivity index (χ3v) is 4.88. The molecule has 2 radical (unpaired) electrons. The molecule has 0 spiro atoms. The number of allylic oxidation sites excluding steroid dienone is 8. The summed E-state index contributed by atoms with van der Waals surface area (Å²) in [6.07, 6.45) is 15.9. The van der Waals surface area contributed by atoms with Crippen molar-refractivity contribution in [3.05, 3.63) is 181 Å². The molecule has 2 aliphatic carbocycles. The van der Waals surface area contributed by atoms with Gasteiger partial charge in [-0.05, 0) is 12.1 Å². The minimum atomic E-state index is -0.192. The van der Waals surface area contributed by atoms with Crippen molar-refractivity contribution in [2.24, 2.45) is 0 Å². The van der Waals surface area contributed by atoms with Crippen molar-refractivity contribution in [3.8, 4) is 0 Å². The van der Waals surface area contributed by atoms with Crippen LogP contribution in [-0.4, -0.2) is 12.1 Å². The maximum absolute atomic E-state index is 12.8. The molecule has 0 fully saturated rings. The van der Waals surface area contributed by atoms with Gasteiger partial charge in [0.2, 0.25) is 0 Å². The molecule has 204 valence electrons. The molecule has 0 bridgehead atoms. The van der Waals surface area contributed by atoms with Crippen molar-refractivity contribution in [2.45, 2.75) is 12.8 Å². The molecule has 0 N–H and O–H groups in total. The summed E-state index contributed by atoms with van der Waals surface area (Å²) >= 11 is 3.64. The molecular formula is C34H28Cl2F2GeZr-4. The molecule has 4 aromatic rings. The van der Waals surface area contributed by atoms with E-state index in [1.807, 2.05) is 97.1 Å². The smallest absolute Gasteiger partial charge is 0.171 e. The van der Waals surface area contributed by atoms with Crippen LogP contribution in [0.4, 0.5) is 8.78 Å². The number of rotatable bonds is 2. The number of benzene rings is 4. The summed E-state index contributed by atoms with van der Waals surface area (Å²) in [4.78, 5) is 0. The molecule has 0 unspecified atom stereocenters. The topological polar surface area (TPSA) is 0 Å². The molecule has 4 aromatic carbocycles. The standard InChI is InChI=1S/2C11H8F.2C6H5.2ClH.Ge.Zr/c2*12-11-7-3-6-10(8-11)9-4-1-2-5-9;2*1-2-4-6-5-3-1;;;;/h2*1,3-4,6-8H,2H2;2*1-5H;2*1H;;/q4*-1;;;;. The molecule has 0 saturated heterocycles. The molecule has 0 amide bonds. The van der Waals surface area contributed by atoms with E-state index in [9.17, 15) is 8.78 Å². The van der Waals surface area contributed by atoms with Crippen LogP contribution in [0.5, 0.6) is 0 Å². The zero-order valence-electron chi connectivity index (χ0n) is 21.7. The molecule has 0 saturated carbocycles. The van der Waals surface area contributed by atoms with Crippen LogP contribution in [-0.2, 0) is 21.6 Å². The van der Waals surface area contributed by atoms with Gasteiger partial charge < -0.3 is 0 Å². The molecule has 0 nitrogen and oxygen atoms in total. The maximum atomic E-state index is 12.8. The Morgan fingerprint density at radius 3 is 1.15 bits per heavy atom. The third kappa shape index (κ3) is 16.1. The van der Waals surface area contributed by atoms with Crippen molar-refractivity contribution < 1.29 is 30.4 Å². The van der Waals surface area contributed by atoms with Crippen LogP contribution >= 0.6 is 24.8 Å². The first kappa shape index (κ1) is 37.7. The number of hydrogen-bond acceptors (Lipinski definition) is 0. The fourth-order valence-corrected chi connectivity index (χ4v) is 3.20. The van der Waals surface area contributed by atoms with E-state index < -0.39 is 0 Å². The molecule has 0 atom stereocenters. The van der Waals surface area contributed by atoms with Crippen LogP contribution in [0.25, 0.3) is 11.1 Å². The van der Waals surface area contributed by atoms with Crippen molar-refractivity contribution in [2.75, 3.05) is 0 Å². The summed E-state index contributed by atoms with van der Waals surface area (Å²) in [7, 11) is 0. The van der Waals surface area contributed by atoms with E-state index in [2.05, 4.69) is 36.4 Å². The van der Waals surface area contributed by atoms with E-state index in [1.165, 1.54) is 24.3 Å². The maximum Gasteiger partial charge on any atom is -0.171 e. The van der Waals surface area contributed by atoms with Gasteiger partial charge in [-0.15, -0.1) is 60.2 Å². The summed E-state index contributed by atoms with van der Waals surface area (Å²) in [6, 6.07) is 38.2. The van der Waals surface area contributed by atoms with Crippen LogP contribution < -0.4 is 0 Å². The van der Waals surface area contributed by atoms with Gasteiger partial charge >= 0.3 is 33.7 Å². The molecule has 6 heteroatoms. The minimum Gasteiger partial charge on any atom is -0.184 e. The molecule has 0 aromatic heterocycles. The Labute approximate surface area is 269 Å². The van der Waals surface area contributed by atoms with Gasteiger partial charge in [0.05, 0.1) is 0 Å². The minimum absolute atomic E-state index is 0. The van der Waals surface area contributed by atoms with Gasteiger partial charge in [-0.25, -0.2) is 8.78 Å². The van der Waals surface area contributed by atoms with Crippen molar-refractivity contribution in [3.63, 3.8) is 0 Å². The Morgan fingerprint density at radius 2 is 0.925 bits per heavy atom. The van der Waals surface area contributed by atoms with Crippen molar-refractivity contribution >= 4 is 48.1 Å². The van der Waals surface area contributed by atoms with Gasteiger partial charge in [-0.3, -0.25) is 0 Å². The first-order valence-corrected chi connectivity index (χ1v) is 19.3. The zero-order valence-corrected chi connectivity index (χ0v) is 27.9. The predicted molar refractivity (Wildman–Crippen MR) is 164 cm³/mol. The van der Waals surface area contributed by atoms with Gasteiger partial charge in [0, 0.05) is 0 Å². The number of halogens is 4. The molecule has 40 heavy (non-hydrogen) atoms. The van der Waals surface area contributed by atoms with E-state index in [-0.39, 0.29) is 36.4 Å². The van der Waals surface area contributed by atoms with Crippen LogP contribution in [0.3, 0.4) is 0 Å². The monoisotopic (exact) mass is 708 g/mol. The summed E-state index contributed by atoms with van der Waals surface area (Å²) in [6.45, 7) is 0. The first-order valence-electron chi connectivity index (χ1n) is 11.9. The molecule has 6 rings (SSSR count). The Balaban J connectivity index is 0.000000510. The van der Waals surface area contributed by atoms with Crippen LogP contribution in [0.2, 0.25) is 0 Å². The summed E-state index contributed by atoms with van der Waals surface area (Å²) in [5, 5.41) is 0. The Bertz CT molecular complexity index is 1170. The first-order chi connectivity index (χ1) is 18.7. The fraction of sp³-hybridized carbons (Fsp3) is 0.0588. The van der Waals surface area contributed by atoms with E-state index in [4.69, 9.17) is 0 Å². The second-order valence-electron chi connectivity index (χ2n) is 7.57. The Hall–Kier alpha value is -2.29. The molecule has 0 aliphatic heterocycles. The van der Waals surface area contributed by atoms with E-state index in [0.29, 0.717) is 0 Å². The largest absolute Gasteiger partial charge is 0.184 e. The summed E-state index contributed by atoms with van der Waals surface area (Å²) in [5.74, 6) is -0.385. The van der Waals surface area contributed by atoms with Gasteiger partial charge in [-0.1, -0.05) is 37.1 Å². The predicted octanol–water partition coefficient (Wildman–Crippen LogP) is 9.38. The normalized spacial score (nSPS) is 11.4.